The minimum Gasteiger partial charge on any atom is -0.264 e. The lowest BCUT2D eigenvalue weighted by Crippen LogP contribution is -2.26. The standard InChI is InChI=1S/C55H34N6/c1-3-15-47-43(13-1)44-14-2-4-16-48(44)55(47)49-25-35(41-27-51(37-9-5-21-56-31-37)60-52(28-41)38-10-6-22-57-32-38)17-19-45(49)46-20-18-36(26-50(46)55)42-29-53(39-11-7-23-58-33-39)61-54(30-42)40-12-8-24-59-34-40/h1-34H. The highest BCUT2D eigenvalue weighted by molar-refractivity contribution is 5.97. The van der Waals surface area contributed by atoms with E-state index >= 15 is 0 Å². The lowest BCUT2D eigenvalue weighted by Gasteiger charge is -2.31. The van der Waals surface area contributed by atoms with Crippen LogP contribution in [0.2, 0.25) is 0 Å². The Morgan fingerprint density at radius 3 is 0.951 bits per heavy atom. The van der Waals surface area contributed by atoms with E-state index in [-0.39, 0.29) is 0 Å². The van der Waals surface area contributed by atoms with E-state index in [1.165, 1.54) is 44.5 Å². The molecule has 0 fully saturated rings. The molecule has 0 saturated heterocycles. The van der Waals surface area contributed by atoms with Gasteiger partial charge in [-0.1, -0.05) is 72.8 Å². The van der Waals surface area contributed by atoms with Crippen molar-refractivity contribution >= 4 is 0 Å². The molecule has 6 heterocycles. The molecule has 0 radical (unpaired) electrons. The minimum atomic E-state index is -0.569. The van der Waals surface area contributed by atoms with Crippen LogP contribution < -0.4 is 0 Å². The Hall–Kier alpha value is -8.22. The molecule has 0 bridgehead atoms. The van der Waals surface area contributed by atoms with Crippen LogP contribution in [0.1, 0.15) is 22.3 Å². The van der Waals surface area contributed by atoms with E-state index in [0.29, 0.717) is 0 Å². The molecule has 4 aromatic carbocycles. The van der Waals surface area contributed by atoms with Crippen molar-refractivity contribution in [2.24, 2.45) is 0 Å². The van der Waals surface area contributed by atoms with Gasteiger partial charge in [-0.15, -0.1) is 0 Å². The lowest BCUT2D eigenvalue weighted by atomic mass is 9.70. The van der Waals surface area contributed by atoms with Crippen LogP contribution in [0.4, 0.5) is 0 Å². The highest BCUT2D eigenvalue weighted by atomic mass is 14.7. The van der Waals surface area contributed by atoms with Gasteiger partial charge in [0, 0.05) is 71.8 Å². The summed E-state index contributed by atoms with van der Waals surface area (Å²) in [6, 6.07) is 56.7. The van der Waals surface area contributed by atoms with Crippen LogP contribution in [0.25, 0.3) is 89.5 Å². The topological polar surface area (TPSA) is 77.3 Å². The summed E-state index contributed by atoms with van der Waals surface area (Å²) in [6.45, 7) is 0. The lowest BCUT2D eigenvalue weighted by molar-refractivity contribution is 0.794. The smallest absolute Gasteiger partial charge is 0.0731 e. The molecule has 61 heavy (non-hydrogen) atoms. The molecule has 0 N–H and O–H groups in total. The predicted octanol–water partition coefficient (Wildman–Crippen LogP) is 12.4. The van der Waals surface area contributed by atoms with Gasteiger partial charge in [0.2, 0.25) is 0 Å². The zero-order valence-electron chi connectivity index (χ0n) is 32.8. The van der Waals surface area contributed by atoms with E-state index in [4.69, 9.17) is 9.97 Å². The van der Waals surface area contributed by atoms with Crippen LogP contribution >= 0.6 is 0 Å². The average molecular weight is 779 g/mol. The second kappa shape index (κ2) is 14.0. The maximum atomic E-state index is 5.13. The van der Waals surface area contributed by atoms with E-state index in [2.05, 4.69) is 153 Å². The Bertz CT molecular complexity index is 2960. The molecular formula is C55H34N6. The minimum absolute atomic E-state index is 0.569. The number of nitrogens with zero attached hydrogens (tertiary/aromatic N) is 6. The largest absolute Gasteiger partial charge is 0.264 e. The fourth-order valence-corrected chi connectivity index (χ4v) is 9.54. The first-order valence-electron chi connectivity index (χ1n) is 20.4. The van der Waals surface area contributed by atoms with Gasteiger partial charge in [0.1, 0.15) is 0 Å². The summed E-state index contributed by atoms with van der Waals surface area (Å²) in [4.78, 5) is 28.0. The highest BCUT2D eigenvalue weighted by Gasteiger charge is 2.51. The Kier molecular flexibility index (Phi) is 7.96. The van der Waals surface area contributed by atoms with Gasteiger partial charge < -0.3 is 0 Å². The fraction of sp³-hybridized carbons (Fsp3) is 0.0182. The molecule has 2 aliphatic rings. The van der Waals surface area contributed by atoms with Crippen LogP contribution in [0.15, 0.2) is 207 Å². The molecule has 0 amide bonds. The molecule has 6 aromatic heterocycles. The van der Waals surface area contributed by atoms with Crippen molar-refractivity contribution in [3.8, 4) is 89.5 Å². The zero-order valence-corrected chi connectivity index (χ0v) is 32.8. The summed E-state index contributed by atoms with van der Waals surface area (Å²) >= 11 is 0. The van der Waals surface area contributed by atoms with Crippen LogP contribution in [0.3, 0.4) is 0 Å². The average Bonchev–Trinajstić information content (AvgIpc) is 3.81. The summed E-state index contributed by atoms with van der Waals surface area (Å²) in [7, 11) is 0. The molecule has 6 heteroatoms. The summed E-state index contributed by atoms with van der Waals surface area (Å²) in [5.74, 6) is 0. The number of aromatic nitrogens is 6. The molecule has 1 spiro atoms. The highest BCUT2D eigenvalue weighted by Crippen LogP contribution is 2.63. The third-order valence-corrected chi connectivity index (χ3v) is 12.2. The number of fused-ring (bicyclic) bond motifs is 10. The van der Waals surface area contributed by atoms with Crippen molar-refractivity contribution in [2.75, 3.05) is 0 Å². The van der Waals surface area contributed by atoms with Crippen molar-refractivity contribution in [2.45, 2.75) is 5.41 Å². The van der Waals surface area contributed by atoms with Crippen molar-refractivity contribution in [1.82, 2.24) is 29.9 Å². The second-order valence-electron chi connectivity index (χ2n) is 15.6. The van der Waals surface area contributed by atoms with Crippen molar-refractivity contribution in [3.63, 3.8) is 0 Å². The third kappa shape index (κ3) is 5.57. The van der Waals surface area contributed by atoms with Gasteiger partial charge in [-0.3, -0.25) is 19.9 Å². The monoisotopic (exact) mass is 778 g/mol. The summed E-state index contributed by atoms with van der Waals surface area (Å²) in [5, 5.41) is 0. The van der Waals surface area contributed by atoms with E-state index in [1.54, 1.807) is 24.8 Å². The van der Waals surface area contributed by atoms with Crippen LogP contribution in [-0.4, -0.2) is 29.9 Å². The van der Waals surface area contributed by atoms with Crippen molar-refractivity contribution in [1.29, 1.82) is 0 Å². The first-order valence-corrected chi connectivity index (χ1v) is 20.4. The molecular weight excluding hydrogens is 745 g/mol. The number of hydrogen-bond donors (Lipinski definition) is 0. The van der Waals surface area contributed by atoms with Gasteiger partial charge >= 0.3 is 0 Å². The fourth-order valence-electron chi connectivity index (χ4n) is 9.54. The normalized spacial score (nSPS) is 12.7. The number of rotatable bonds is 6. The molecule has 0 unspecified atom stereocenters. The van der Waals surface area contributed by atoms with E-state index in [9.17, 15) is 0 Å². The summed E-state index contributed by atoms with van der Waals surface area (Å²) in [6.07, 6.45) is 14.7. The molecule has 10 aromatic rings. The number of hydrogen-bond acceptors (Lipinski definition) is 6. The molecule has 0 atom stereocenters. The number of pyridine rings is 6. The first kappa shape index (κ1) is 34.8. The second-order valence-corrected chi connectivity index (χ2v) is 15.6. The molecule has 12 rings (SSSR count). The maximum absolute atomic E-state index is 5.13. The molecule has 0 aliphatic heterocycles. The van der Waals surface area contributed by atoms with Gasteiger partial charge in [0.05, 0.1) is 28.2 Å². The Labute approximate surface area is 353 Å². The SMILES string of the molecule is c1cncc(-c2cc(-c3ccc4c(c3)C3(c5ccccc5-c5ccccc53)c3cc(-c5cc(-c6cccnc6)nc(-c6cccnc6)c5)ccc3-4)cc(-c3cccnc3)n2)c1. The van der Waals surface area contributed by atoms with Crippen molar-refractivity contribution < 1.29 is 0 Å². The van der Waals surface area contributed by atoms with Gasteiger partial charge in [0.15, 0.2) is 0 Å². The van der Waals surface area contributed by atoms with Gasteiger partial charge in [-0.2, -0.15) is 0 Å². The molecule has 0 saturated carbocycles. The maximum Gasteiger partial charge on any atom is 0.0731 e. The summed E-state index contributed by atoms with van der Waals surface area (Å²) in [5.41, 5.74) is 21.2. The zero-order chi connectivity index (χ0) is 40.3. The van der Waals surface area contributed by atoms with Crippen LogP contribution in [0.5, 0.6) is 0 Å². The Balaban J connectivity index is 1.10. The van der Waals surface area contributed by atoms with Crippen LogP contribution in [-0.2, 0) is 5.41 Å². The van der Waals surface area contributed by atoms with E-state index in [0.717, 1.165) is 67.3 Å². The Morgan fingerprint density at radius 1 is 0.262 bits per heavy atom. The molecule has 284 valence electrons. The third-order valence-electron chi connectivity index (χ3n) is 12.2. The van der Waals surface area contributed by atoms with Gasteiger partial charge in [0.25, 0.3) is 0 Å². The van der Waals surface area contributed by atoms with Crippen molar-refractivity contribution in [3.05, 3.63) is 230 Å². The van der Waals surface area contributed by atoms with Gasteiger partial charge in [-0.05, 0) is 152 Å². The molecule has 6 nitrogen and oxygen atoms in total. The molecule has 2 aliphatic carbocycles. The van der Waals surface area contributed by atoms with E-state index in [1.807, 2.05) is 49.1 Å². The summed E-state index contributed by atoms with van der Waals surface area (Å²) < 4.78 is 0. The van der Waals surface area contributed by atoms with Gasteiger partial charge in [-0.25, -0.2) is 9.97 Å². The van der Waals surface area contributed by atoms with Crippen LogP contribution in [0, 0.1) is 0 Å². The first-order chi connectivity index (χ1) is 30.2. The predicted molar refractivity (Wildman–Crippen MR) is 242 cm³/mol. The quantitative estimate of drug-likeness (QED) is 0.167. The Morgan fingerprint density at radius 2 is 0.607 bits per heavy atom. The number of benzene rings is 4. The van der Waals surface area contributed by atoms with E-state index < -0.39 is 5.41 Å².